The van der Waals surface area contributed by atoms with Gasteiger partial charge in [-0.15, -0.1) is 0 Å². The van der Waals surface area contributed by atoms with Crippen LogP contribution in [0, 0.1) is 17.5 Å². The van der Waals surface area contributed by atoms with Crippen molar-refractivity contribution in [3.63, 3.8) is 0 Å². The number of carbonyl (C=O) groups excluding carboxylic acids is 2. The van der Waals surface area contributed by atoms with Gasteiger partial charge in [0.15, 0.2) is 11.7 Å². The van der Waals surface area contributed by atoms with Crippen LogP contribution in [0.15, 0.2) is 46.7 Å². The molecule has 3 aliphatic heterocycles. The van der Waals surface area contributed by atoms with E-state index in [0.717, 1.165) is 25.4 Å². The van der Waals surface area contributed by atoms with Gasteiger partial charge in [-0.2, -0.15) is 0 Å². The van der Waals surface area contributed by atoms with Crippen LogP contribution in [0.4, 0.5) is 18.0 Å². The second-order valence-corrected chi connectivity index (χ2v) is 12.0. The minimum absolute atomic E-state index is 0.0855. The van der Waals surface area contributed by atoms with Gasteiger partial charge in [-0.1, -0.05) is 17.7 Å². The lowest BCUT2D eigenvalue weighted by Gasteiger charge is -2.42. The van der Waals surface area contributed by atoms with Crippen LogP contribution in [0.25, 0.3) is 0 Å². The summed E-state index contributed by atoms with van der Waals surface area (Å²) in [7, 11) is 1.14. The SMILES string of the molecule is COC(=O)C1=C(CN2CCN3C(=O)N(C(C)(C)C)C[C@@H]3[C@H]2C(=O)O)NC(c2ncc(F)cc2F)=N[C@H]1c1ccc(F)cc1Cl. The number of ether oxygens (including phenoxy) is 1. The number of fused-ring (bicyclic) bond motifs is 1. The van der Waals surface area contributed by atoms with Gasteiger partial charge >= 0.3 is 18.0 Å². The quantitative estimate of drug-likeness (QED) is 0.464. The van der Waals surface area contributed by atoms with Gasteiger partial charge < -0.3 is 25.0 Å². The van der Waals surface area contributed by atoms with Gasteiger partial charge in [0.25, 0.3) is 0 Å². The van der Waals surface area contributed by atoms with Gasteiger partial charge in [-0.05, 0) is 32.9 Å². The first-order valence-electron chi connectivity index (χ1n) is 13.7. The summed E-state index contributed by atoms with van der Waals surface area (Å²) in [6.45, 7) is 5.88. The van der Waals surface area contributed by atoms with Crippen molar-refractivity contribution in [1.82, 2.24) is 25.0 Å². The minimum atomic E-state index is -1.26. The van der Waals surface area contributed by atoms with Crippen LogP contribution < -0.4 is 5.32 Å². The first-order chi connectivity index (χ1) is 20.7. The number of carbonyl (C=O) groups is 3. The van der Waals surface area contributed by atoms with Gasteiger partial charge in [0.05, 0.1) is 24.9 Å². The average molecular weight is 635 g/mol. The lowest BCUT2D eigenvalue weighted by Crippen LogP contribution is -2.62. The summed E-state index contributed by atoms with van der Waals surface area (Å²) >= 11 is 6.38. The van der Waals surface area contributed by atoms with E-state index in [9.17, 15) is 32.7 Å². The van der Waals surface area contributed by atoms with Crippen molar-refractivity contribution in [2.75, 3.05) is 33.3 Å². The summed E-state index contributed by atoms with van der Waals surface area (Å²) in [6.07, 6.45) is 0.791. The molecule has 1 aromatic heterocycles. The zero-order chi connectivity index (χ0) is 32.1. The number of esters is 1. The third kappa shape index (κ3) is 5.71. The van der Waals surface area contributed by atoms with Crippen molar-refractivity contribution in [2.24, 2.45) is 4.99 Å². The van der Waals surface area contributed by atoms with Crippen molar-refractivity contribution in [3.05, 3.63) is 75.5 Å². The molecule has 0 saturated carbocycles. The molecular formula is C29H30ClF3N6O5. The summed E-state index contributed by atoms with van der Waals surface area (Å²) in [6, 6.07) is 0.657. The van der Waals surface area contributed by atoms with Gasteiger partial charge in [-0.3, -0.25) is 14.7 Å². The van der Waals surface area contributed by atoms with Crippen molar-refractivity contribution < 1.29 is 37.4 Å². The highest BCUT2D eigenvalue weighted by molar-refractivity contribution is 6.31. The van der Waals surface area contributed by atoms with Gasteiger partial charge in [0, 0.05) is 54.1 Å². The fraction of sp³-hybridized carbons (Fsp3) is 0.414. The Balaban J connectivity index is 1.61. The molecule has 234 valence electrons. The summed E-state index contributed by atoms with van der Waals surface area (Å²) < 4.78 is 47.7. The third-order valence-electron chi connectivity index (χ3n) is 7.88. The Morgan fingerprint density at radius 1 is 1.16 bits per heavy atom. The molecule has 4 heterocycles. The van der Waals surface area contributed by atoms with Crippen molar-refractivity contribution >= 4 is 35.4 Å². The van der Waals surface area contributed by atoms with Gasteiger partial charge in [0.1, 0.15) is 29.4 Å². The minimum Gasteiger partial charge on any atom is -0.480 e. The number of aliphatic carboxylic acids is 1. The number of piperazine rings is 1. The molecule has 0 unspecified atom stereocenters. The van der Waals surface area contributed by atoms with Gasteiger partial charge in [0.2, 0.25) is 0 Å². The largest absolute Gasteiger partial charge is 0.480 e. The zero-order valence-electron chi connectivity index (χ0n) is 24.3. The molecule has 5 rings (SSSR count). The first kappa shape index (κ1) is 31.3. The van der Waals surface area contributed by atoms with E-state index in [2.05, 4.69) is 15.3 Å². The molecule has 0 spiro atoms. The maximum absolute atomic E-state index is 15.0. The van der Waals surface area contributed by atoms with E-state index in [4.69, 9.17) is 16.3 Å². The normalized spacial score (nSPS) is 22.5. The number of halogens is 4. The molecule has 3 atom stereocenters. The molecule has 2 fully saturated rings. The molecule has 2 saturated heterocycles. The highest BCUT2D eigenvalue weighted by atomic mass is 35.5. The number of aromatic nitrogens is 1. The highest BCUT2D eigenvalue weighted by Gasteiger charge is 2.52. The van der Waals surface area contributed by atoms with Crippen LogP contribution in [0.2, 0.25) is 5.02 Å². The number of carboxylic acid groups (broad SMARTS) is 1. The molecule has 2 amide bonds. The fourth-order valence-electron chi connectivity index (χ4n) is 5.80. The van der Waals surface area contributed by atoms with E-state index < -0.39 is 53.1 Å². The maximum Gasteiger partial charge on any atom is 0.338 e. The molecule has 2 aromatic rings. The second kappa shape index (κ2) is 11.7. The Kier molecular flexibility index (Phi) is 8.33. The number of urea groups is 1. The molecule has 15 heteroatoms. The molecule has 3 aliphatic rings. The van der Waals surface area contributed by atoms with Crippen LogP contribution in [-0.4, -0.2) is 99.5 Å². The van der Waals surface area contributed by atoms with Crippen molar-refractivity contribution in [1.29, 1.82) is 0 Å². The smallest absolute Gasteiger partial charge is 0.338 e. The summed E-state index contributed by atoms with van der Waals surface area (Å²) in [4.78, 5) is 52.2. The van der Waals surface area contributed by atoms with Gasteiger partial charge in [-0.25, -0.2) is 27.7 Å². The third-order valence-corrected chi connectivity index (χ3v) is 8.20. The van der Waals surface area contributed by atoms with Crippen LogP contribution in [-0.2, 0) is 14.3 Å². The Morgan fingerprint density at radius 2 is 1.89 bits per heavy atom. The number of methoxy groups -OCH3 is 1. The highest BCUT2D eigenvalue weighted by Crippen LogP contribution is 2.38. The molecule has 1 aromatic carbocycles. The molecule has 0 radical (unpaired) electrons. The lowest BCUT2D eigenvalue weighted by molar-refractivity contribution is -0.147. The predicted octanol–water partition coefficient (Wildman–Crippen LogP) is 3.34. The van der Waals surface area contributed by atoms with Crippen LogP contribution in [0.1, 0.15) is 38.1 Å². The van der Waals surface area contributed by atoms with E-state index in [1.165, 1.54) is 11.0 Å². The zero-order valence-corrected chi connectivity index (χ0v) is 25.0. The van der Waals surface area contributed by atoms with E-state index >= 15 is 0 Å². The van der Waals surface area contributed by atoms with E-state index in [1.54, 1.807) is 9.80 Å². The topological polar surface area (TPSA) is 128 Å². The number of nitrogens with one attached hydrogen (secondary N) is 1. The number of pyridine rings is 1. The number of nitrogens with zero attached hydrogens (tertiary/aromatic N) is 5. The number of carboxylic acids is 1. The maximum atomic E-state index is 15.0. The molecule has 0 aliphatic carbocycles. The van der Waals surface area contributed by atoms with E-state index in [0.29, 0.717) is 6.07 Å². The molecular weight excluding hydrogens is 605 g/mol. The first-order valence-corrected chi connectivity index (χ1v) is 14.1. The Hall–Kier alpha value is -4.17. The van der Waals surface area contributed by atoms with E-state index in [-0.39, 0.29) is 65.6 Å². The number of benzene rings is 1. The standard InChI is InChI=1S/C29H30ClF3N6O5/c1-29(2,3)39-13-20-24(26(40)41)37(7-8-38(20)28(39)43)12-19-21(27(42)44-4)22(16-6-5-14(31)9-17(16)30)36-25(35-19)23-18(33)10-15(32)11-34-23/h5-6,9-11,20,22,24H,7-8,12-13H2,1-4H3,(H,35,36)(H,40,41)/t20-,22+,24+/m1/s1. The lowest BCUT2D eigenvalue weighted by atomic mass is 9.94. The summed E-state index contributed by atoms with van der Waals surface area (Å²) in [5.41, 5.74) is -0.744. The number of amidine groups is 1. The molecule has 11 nitrogen and oxygen atoms in total. The average Bonchev–Trinajstić information content (AvgIpc) is 3.28. The molecule has 44 heavy (non-hydrogen) atoms. The second-order valence-electron chi connectivity index (χ2n) is 11.6. The fourth-order valence-corrected chi connectivity index (χ4v) is 6.07. The predicted molar refractivity (Wildman–Crippen MR) is 152 cm³/mol. The number of hydrogen-bond donors (Lipinski definition) is 2. The Labute approximate surface area is 255 Å². The number of aliphatic imine (C=N–C) groups is 1. The monoisotopic (exact) mass is 634 g/mol. The Bertz CT molecular complexity index is 1600. The molecule has 2 N–H and O–H groups in total. The van der Waals surface area contributed by atoms with Crippen LogP contribution >= 0.6 is 11.6 Å². The molecule has 0 bridgehead atoms. The van der Waals surface area contributed by atoms with Crippen LogP contribution in [0.3, 0.4) is 0 Å². The summed E-state index contributed by atoms with van der Waals surface area (Å²) in [5, 5.41) is 13.2. The number of hydrogen-bond acceptors (Lipinski definition) is 8. The number of amides is 2. The van der Waals surface area contributed by atoms with E-state index in [1.807, 2.05) is 20.8 Å². The van der Waals surface area contributed by atoms with Crippen LogP contribution in [0.5, 0.6) is 0 Å². The summed E-state index contributed by atoms with van der Waals surface area (Å²) in [5.74, 6) is -4.86. The number of rotatable bonds is 6. The van der Waals surface area contributed by atoms with Crippen molar-refractivity contribution in [2.45, 2.75) is 44.4 Å². The Morgan fingerprint density at radius 3 is 2.50 bits per heavy atom. The van der Waals surface area contributed by atoms with Crippen molar-refractivity contribution in [3.8, 4) is 0 Å².